The summed E-state index contributed by atoms with van der Waals surface area (Å²) in [7, 11) is 0. The lowest BCUT2D eigenvalue weighted by molar-refractivity contribution is 0.0951. The van der Waals surface area contributed by atoms with Gasteiger partial charge in [0.05, 0.1) is 5.38 Å². The van der Waals surface area contributed by atoms with E-state index in [0.29, 0.717) is 6.54 Å². The lowest BCUT2D eigenvalue weighted by Gasteiger charge is -2.22. The van der Waals surface area contributed by atoms with Gasteiger partial charge in [-0.05, 0) is 37.3 Å². The number of halogens is 1. The van der Waals surface area contributed by atoms with Crippen molar-refractivity contribution < 1.29 is 4.79 Å². The number of rotatable bonds is 4. The number of hydrogen-bond donors (Lipinski definition) is 1. The number of benzene rings is 1. The Balaban J connectivity index is 2.58. The van der Waals surface area contributed by atoms with Crippen molar-refractivity contribution in [3.8, 4) is 0 Å². The summed E-state index contributed by atoms with van der Waals surface area (Å²) in [5.41, 5.74) is 2.99. The summed E-state index contributed by atoms with van der Waals surface area (Å²) in [5, 5.41) is 2.89. The minimum absolute atomic E-state index is 0.0333. The number of aryl methyl sites for hydroxylation is 2. The lowest BCUT2D eigenvalue weighted by atomic mass is 9.90. The summed E-state index contributed by atoms with van der Waals surface area (Å²) in [4.78, 5) is 12.1. The maximum Gasteiger partial charge on any atom is 0.251 e. The van der Waals surface area contributed by atoms with Crippen molar-refractivity contribution in [1.29, 1.82) is 0 Å². The molecule has 3 heteroatoms. The SMILES string of the molecule is Cc1ccc(C)c(C(=O)NCC(Cl)CC(C)(C)C)c1. The predicted octanol–water partition coefficient (Wildman–Crippen LogP) is 4.08. The smallest absolute Gasteiger partial charge is 0.251 e. The average molecular weight is 282 g/mol. The molecule has 0 fully saturated rings. The van der Waals surface area contributed by atoms with Gasteiger partial charge in [0.15, 0.2) is 0 Å². The first-order valence-corrected chi connectivity index (χ1v) is 7.12. The van der Waals surface area contributed by atoms with Crippen LogP contribution in [-0.4, -0.2) is 17.8 Å². The number of alkyl halides is 1. The summed E-state index contributed by atoms with van der Waals surface area (Å²) >= 11 is 6.25. The highest BCUT2D eigenvalue weighted by Crippen LogP contribution is 2.23. The van der Waals surface area contributed by atoms with E-state index in [1.54, 1.807) is 0 Å². The molecule has 0 heterocycles. The molecule has 0 saturated carbocycles. The van der Waals surface area contributed by atoms with Crippen molar-refractivity contribution in [3.63, 3.8) is 0 Å². The van der Waals surface area contributed by atoms with Crippen LogP contribution in [0.3, 0.4) is 0 Å². The standard InChI is InChI=1S/C16H24ClNO/c1-11-6-7-12(2)14(8-11)15(19)18-10-13(17)9-16(3,4)5/h6-8,13H,9-10H2,1-5H3,(H,18,19). The highest BCUT2D eigenvalue weighted by atomic mass is 35.5. The summed E-state index contributed by atoms with van der Waals surface area (Å²) in [6.45, 7) is 10.9. The zero-order valence-corrected chi connectivity index (χ0v) is 13.3. The highest BCUT2D eigenvalue weighted by Gasteiger charge is 2.18. The first kappa shape index (κ1) is 16.0. The van der Waals surface area contributed by atoms with Crippen molar-refractivity contribution in [3.05, 3.63) is 34.9 Å². The molecule has 0 radical (unpaired) electrons. The monoisotopic (exact) mass is 281 g/mol. The molecule has 1 aromatic rings. The summed E-state index contributed by atoms with van der Waals surface area (Å²) in [5.74, 6) is -0.0410. The first-order valence-electron chi connectivity index (χ1n) is 6.68. The third-order valence-electron chi connectivity index (χ3n) is 2.96. The van der Waals surface area contributed by atoms with Crippen LogP contribution in [0.4, 0.5) is 0 Å². The van der Waals surface area contributed by atoms with Crippen LogP contribution in [0.25, 0.3) is 0 Å². The van der Waals surface area contributed by atoms with E-state index < -0.39 is 0 Å². The van der Waals surface area contributed by atoms with Gasteiger partial charge in [0.2, 0.25) is 0 Å². The van der Waals surface area contributed by atoms with Crippen LogP contribution >= 0.6 is 11.6 Å². The van der Waals surface area contributed by atoms with Crippen LogP contribution in [0.2, 0.25) is 0 Å². The van der Waals surface area contributed by atoms with E-state index in [1.807, 2.05) is 32.0 Å². The van der Waals surface area contributed by atoms with Crippen LogP contribution in [0.1, 0.15) is 48.7 Å². The van der Waals surface area contributed by atoms with Crippen molar-refractivity contribution in [2.45, 2.75) is 46.4 Å². The molecule has 19 heavy (non-hydrogen) atoms. The Morgan fingerprint density at radius 1 is 1.32 bits per heavy atom. The van der Waals surface area contributed by atoms with Crippen LogP contribution in [0.15, 0.2) is 18.2 Å². The number of hydrogen-bond acceptors (Lipinski definition) is 1. The quantitative estimate of drug-likeness (QED) is 0.828. The summed E-state index contributed by atoms with van der Waals surface area (Å²) in [6.07, 6.45) is 0.877. The van der Waals surface area contributed by atoms with Crippen LogP contribution in [-0.2, 0) is 0 Å². The normalized spacial score (nSPS) is 13.2. The van der Waals surface area contributed by atoms with Gasteiger partial charge in [0.1, 0.15) is 0 Å². The molecule has 0 aliphatic heterocycles. The molecule has 1 rings (SSSR count). The van der Waals surface area contributed by atoms with E-state index in [0.717, 1.165) is 23.1 Å². The molecular weight excluding hydrogens is 258 g/mol. The molecule has 1 unspecified atom stereocenters. The number of carbonyl (C=O) groups is 1. The van der Waals surface area contributed by atoms with E-state index in [2.05, 4.69) is 26.1 Å². The molecule has 1 atom stereocenters. The van der Waals surface area contributed by atoms with Crippen LogP contribution < -0.4 is 5.32 Å². The number of amides is 1. The van der Waals surface area contributed by atoms with Gasteiger partial charge < -0.3 is 5.32 Å². The fourth-order valence-electron chi connectivity index (χ4n) is 2.02. The second kappa shape index (κ2) is 6.42. The molecule has 2 nitrogen and oxygen atoms in total. The van der Waals surface area contributed by atoms with Gasteiger partial charge in [-0.3, -0.25) is 4.79 Å². The average Bonchev–Trinajstić information content (AvgIpc) is 2.27. The largest absolute Gasteiger partial charge is 0.351 e. The molecule has 0 aliphatic rings. The second-order valence-corrected chi connectivity index (χ2v) is 7.01. The Morgan fingerprint density at radius 3 is 2.53 bits per heavy atom. The molecule has 0 spiro atoms. The molecule has 0 bridgehead atoms. The Bertz CT molecular complexity index is 449. The Kier molecular flexibility index (Phi) is 5.42. The topological polar surface area (TPSA) is 29.1 Å². The van der Waals surface area contributed by atoms with Crippen molar-refractivity contribution in [2.75, 3.05) is 6.54 Å². The van der Waals surface area contributed by atoms with Gasteiger partial charge in [-0.15, -0.1) is 11.6 Å². The fourth-order valence-corrected chi connectivity index (χ4v) is 2.56. The zero-order valence-electron chi connectivity index (χ0n) is 12.5. The zero-order chi connectivity index (χ0) is 14.6. The number of carbonyl (C=O) groups excluding carboxylic acids is 1. The minimum Gasteiger partial charge on any atom is -0.351 e. The molecule has 0 aliphatic carbocycles. The molecule has 0 aromatic heterocycles. The number of nitrogens with one attached hydrogen (secondary N) is 1. The van der Waals surface area contributed by atoms with E-state index in [-0.39, 0.29) is 16.7 Å². The minimum atomic E-state index is -0.0410. The van der Waals surface area contributed by atoms with Gasteiger partial charge in [-0.25, -0.2) is 0 Å². The van der Waals surface area contributed by atoms with Crippen LogP contribution in [0, 0.1) is 19.3 Å². The molecule has 1 amide bonds. The molecule has 1 aromatic carbocycles. The molecule has 0 saturated heterocycles. The Hall–Kier alpha value is -1.02. The van der Waals surface area contributed by atoms with E-state index in [4.69, 9.17) is 11.6 Å². The molecular formula is C16H24ClNO. The lowest BCUT2D eigenvalue weighted by Crippen LogP contribution is -2.32. The molecule has 1 N–H and O–H groups in total. The second-order valence-electron chi connectivity index (χ2n) is 6.39. The highest BCUT2D eigenvalue weighted by molar-refractivity contribution is 6.21. The van der Waals surface area contributed by atoms with Gasteiger partial charge in [-0.1, -0.05) is 38.5 Å². The van der Waals surface area contributed by atoms with E-state index >= 15 is 0 Å². The first-order chi connectivity index (χ1) is 8.69. The van der Waals surface area contributed by atoms with Crippen molar-refractivity contribution in [2.24, 2.45) is 5.41 Å². The Labute approximate surface area is 121 Å². The van der Waals surface area contributed by atoms with Crippen molar-refractivity contribution >= 4 is 17.5 Å². The summed E-state index contributed by atoms with van der Waals surface area (Å²) < 4.78 is 0. The predicted molar refractivity (Wildman–Crippen MR) is 82.0 cm³/mol. The van der Waals surface area contributed by atoms with Crippen LogP contribution in [0.5, 0.6) is 0 Å². The van der Waals surface area contributed by atoms with Gasteiger partial charge >= 0.3 is 0 Å². The van der Waals surface area contributed by atoms with E-state index in [9.17, 15) is 4.79 Å². The molecule has 106 valence electrons. The van der Waals surface area contributed by atoms with Crippen molar-refractivity contribution in [1.82, 2.24) is 5.32 Å². The summed E-state index contributed by atoms with van der Waals surface area (Å²) in [6, 6.07) is 5.89. The maximum absolute atomic E-state index is 12.1. The Morgan fingerprint density at radius 2 is 1.95 bits per heavy atom. The van der Waals surface area contributed by atoms with Gasteiger partial charge in [-0.2, -0.15) is 0 Å². The fraction of sp³-hybridized carbons (Fsp3) is 0.562. The van der Waals surface area contributed by atoms with Gasteiger partial charge in [0, 0.05) is 12.1 Å². The third kappa shape index (κ3) is 5.65. The van der Waals surface area contributed by atoms with E-state index in [1.165, 1.54) is 0 Å². The van der Waals surface area contributed by atoms with Gasteiger partial charge in [0.25, 0.3) is 5.91 Å². The third-order valence-corrected chi connectivity index (χ3v) is 3.26. The maximum atomic E-state index is 12.1.